The Balaban J connectivity index is 1.82. The van der Waals surface area contributed by atoms with Gasteiger partial charge in [0.1, 0.15) is 5.60 Å². The first-order chi connectivity index (χ1) is 7.35. The molecule has 0 saturated heterocycles. The van der Waals surface area contributed by atoms with Crippen molar-refractivity contribution in [3.8, 4) is 0 Å². The number of alkyl carbamates (subject to hydrolysis) is 1. The van der Waals surface area contributed by atoms with E-state index in [0.717, 1.165) is 24.7 Å². The van der Waals surface area contributed by atoms with Crippen LogP contribution in [0.3, 0.4) is 0 Å². The van der Waals surface area contributed by atoms with Crippen LogP contribution in [0.2, 0.25) is 0 Å². The molecule has 0 aromatic rings. The summed E-state index contributed by atoms with van der Waals surface area (Å²) < 4.78 is 5.23. The Morgan fingerprint density at radius 1 is 1.25 bits per heavy atom. The summed E-state index contributed by atoms with van der Waals surface area (Å²) in [5, 5.41) is 2.90. The van der Waals surface area contributed by atoms with Crippen LogP contribution in [0.1, 0.15) is 40.0 Å². The number of hydrogen-bond donors (Lipinski definition) is 2. The topological polar surface area (TPSA) is 64.3 Å². The van der Waals surface area contributed by atoms with Crippen molar-refractivity contribution in [3.63, 3.8) is 0 Å². The van der Waals surface area contributed by atoms with E-state index in [2.05, 4.69) is 5.32 Å². The standard InChI is InChI=1S/C12H22N2O2/c1-12(2,3)16-11(15)14-10-6-8-4-7(8)5-9(10)13/h7-10H,4-6,13H2,1-3H3,(H,14,15)/t7?,8?,9-,10+/m1/s1. The number of nitrogens with one attached hydrogen (secondary N) is 1. The Morgan fingerprint density at radius 2 is 1.88 bits per heavy atom. The zero-order valence-corrected chi connectivity index (χ0v) is 10.3. The zero-order valence-electron chi connectivity index (χ0n) is 10.3. The van der Waals surface area contributed by atoms with Crippen LogP contribution in [-0.4, -0.2) is 23.8 Å². The molecule has 0 aromatic carbocycles. The van der Waals surface area contributed by atoms with Crippen LogP contribution in [0.5, 0.6) is 0 Å². The van der Waals surface area contributed by atoms with E-state index in [1.165, 1.54) is 6.42 Å². The van der Waals surface area contributed by atoms with Gasteiger partial charge in [0.2, 0.25) is 0 Å². The third kappa shape index (κ3) is 2.88. The minimum atomic E-state index is -0.440. The lowest BCUT2D eigenvalue weighted by molar-refractivity contribution is 0.0484. The largest absolute Gasteiger partial charge is 0.444 e. The highest BCUT2D eigenvalue weighted by molar-refractivity contribution is 5.68. The van der Waals surface area contributed by atoms with Gasteiger partial charge in [0.25, 0.3) is 0 Å². The van der Waals surface area contributed by atoms with Gasteiger partial charge in [0.05, 0.1) is 0 Å². The van der Waals surface area contributed by atoms with Crippen LogP contribution in [0, 0.1) is 11.8 Å². The fourth-order valence-corrected chi connectivity index (χ4v) is 2.53. The predicted molar refractivity (Wildman–Crippen MR) is 62.0 cm³/mol. The molecule has 0 aliphatic heterocycles. The molecule has 16 heavy (non-hydrogen) atoms. The molecule has 92 valence electrons. The van der Waals surface area contributed by atoms with Crippen LogP contribution in [-0.2, 0) is 4.74 Å². The van der Waals surface area contributed by atoms with Crippen LogP contribution in [0.25, 0.3) is 0 Å². The van der Waals surface area contributed by atoms with Gasteiger partial charge in [-0.05, 0) is 51.9 Å². The van der Waals surface area contributed by atoms with Gasteiger partial charge in [-0.2, -0.15) is 0 Å². The summed E-state index contributed by atoms with van der Waals surface area (Å²) in [6.07, 6.45) is 3.02. The highest BCUT2D eigenvalue weighted by Gasteiger charge is 2.46. The fourth-order valence-electron chi connectivity index (χ4n) is 2.53. The normalized spacial score (nSPS) is 37.5. The molecule has 4 heteroatoms. The van der Waals surface area contributed by atoms with E-state index in [0.29, 0.717) is 0 Å². The summed E-state index contributed by atoms with van der Waals surface area (Å²) >= 11 is 0. The van der Waals surface area contributed by atoms with E-state index < -0.39 is 5.60 Å². The van der Waals surface area contributed by atoms with Gasteiger partial charge in [-0.3, -0.25) is 0 Å². The van der Waals surface area contributed by atoms with Gasteiger partial charge in [-0.1, -0.05) is 0 Å². The van der Waals surface area contributed by atoms with Crippen LogP contribution in [0.4, 0.5) is 4.79 Å². The molecule has 0 heterocycles. The van der Waals surface area contributed by atoms with Gasteiger partial charge < -0.3 is 15.8 Å². The van der Waals surface area contributed by atoms with Crippen LogP contribution >= 0.6 is 0 Å². The third-order valence-corrected chi connectivity index (χ3v) is 3.42. The monoisotopic (exact) mass is 226 g/mol. The maximum atomic E-state index is 11.6. The number of hydrogen-bond acceptors (Lipinski definition) is 3. The molecule has 4 atom stereocenters. The lowest BCUT2D eigenvalue weighted by Gasteiger charge is -2.30. The van der Waals surface area contributed by atoms with Crippen molar-refractivity contribution in [1.29, 1.82) is 0 Å². The third-order valence-electron chi connectivity index (χ3n) is 3.42. The number of carbonyl (C=O) groups is 1. The Hall–Kier alpha value is -0.770. The minimum absolute atomic E-state index is 0.0938. The number of ether oxygens (including phenoxy) is 1. The molecule has 2 fully saturated rings. The van der Waals surface area contributed by atoms with E-state index in [4.69, 9.17) is 10.5 Å². The molecule has 1 amide bonds. The van der Waals surface area contributed by atoms with Gasteiger partial charge in [0, 0.05) is 12.1 Å². The molecular weight excluding hydrogens is 204 g/mol. The summed E-state index contributed by atoms with van der Waals surface area (Å²) in [5.74, 6) is 1.62. The lowest BCUT2D eigenvalue weighted by Crippen LogP contribution is -2.51. The lowest BCUT2D eigenvalue weighted by atomic mass is 9.91. The second kappa shape index (κ2) is 3.91. The molecule has 2 rings (SSSR count). The molecule has 2 aliphatic rings. The van der Waals surface area contributed by atoms with Gasteiger partial charge in [0.15, 0.2) is 0 Å². The maximum absolute atomic E-state index is 11.6. The van der Waals surface area contributed by atoms with Gasteiger partial charge >= 0.3 is 6.09 Å². The van der Waals surface area contributed by atoms with E-state index in [1.807, 2.05) is 20.8 Å². The SMILES string of the molecule is CC(C)(C)OC(=O)N[C@H]1CC2CC2C[C@H]1N. The van der Waals surface area contributed by atoms with Crippen molar-refractivity contribution in [2.45, 2.75) is 57.7 Å². The van der Waals surface area contributed by atoms with Crippen molar-refractivity contribution in [2.75, 3.05) is 0 Å². The van der Waals surface area contributed by atoms with Crippen molar-refractivity contribution >= 4 is 6.09 Å². The number of carbonyl (C=O) groups excluding carboxylic acids is 1. The first kappa shape index (κ1) is 11.7. The summed E-state index contributed by atoms with van der Waals surface area (Å²) in [4.78, 5) is 11.6. The van der Waals surface area contributed by atoms with E-state index in [-0.39, 0.29) is 18.2 Å². The molecule has 0 spiro atoms. The number of nitrogens with two attached hydrogens (primary N) is 1. The molecule has 0 aromatic heterocycles. The highest BCUT2D eigenvalue weighted by Crippen LogP contribution is 2.49. The Bertz CT molecular complexity index is 285. The maximum Gasteiger partial charge on any atom is 0.407 e. The van der Waals surface area contributed by atoms with Gasteiger partial charge in [-0.15, -0.1) is 0 Å². The highest BCUT2D eigenvalue weighted by atomic mass is 16.6. The summed E-state index contributed by atoms with van der Waals surface area (Å²) in [7, 11) is 0. The van der Waals surface area contributed by atoms with Crippen molar-refractivity contribution in [1.82, 2.24) is 5.32 Å². The zero-order chi connectivity index (χ0) is 11.9. The molecule has 4 nitrogen and oxygen atoms in total. The van der Waals surface area contributed by atoms with E-state index in [9.17, 15) is 4.79 Å². The molecule has 2 saturated carbocycles. The minimum Gasteiger partial charge on any atom is -0.444 e. The summed E-state index contributed by atoms with van der Waals surface area (Å²) in [6.45, 7) is 5.60. The average Bonchev–Trinajstić information content (AvgIpc) is 2.78. The predicted octanol–water partition coefficient (Wildman–Crippen LogP) is 1.64. The summed E-state index contributed by atoms with van der Waals surface area (Å²) in [6, 6.07) is 0.190. The molecule has 2 aliphatic carbocycles. The quantitative estimate of drug-likeness (QED) is 0.714. The number of amides is 1. The molecule has 0 radical (unpaired) electrons. The van der Waals surface area contributed by atoms with Crippen LogP contribution in [0.15, 0.2) is 0 Å². The second-order valence-corrected chi connectivity index (χ2v) is 6.14. The van der Waals surface area contributed by atoms with Crippen molar-refractivity contribution < 1.29 is 9.53 Å². The number of rotatable bonds is 1. The summed E-state index contributed by atoms with van der Waals surface area (Å²) in [5.41, 5.74) is 5.60. The Labute approximate surface area is 96.9 Å². The van der Waals surface area contributed by atoms with Crippen molar-refractivity contribution in [3.05, 3.63) is 0 Å². The molecular formula is C12H22N2O2. The van der Waals surface area contributed by atoms with Crippen molar-refractivity contribution in [2.24, 2.45) is 17.6 Å². The average molecular weight is 226 g/mol. The first-order valence-corrected chi connectivity index (χ1v) is 6.10. The number of fused-ring (bicyclic) bond motifs is 1. The molecule has 2 unspecified atom stereocenters. The van der Waals surface area contributed by atoms with E-state index in [1.54, 1.807) is 0 Å². The molecule has 0 bridgehead atoms. The van der Waals surface area contributed by atoms with Gasteiger partial charge in [-0.25, -0.2) is 4.79 Å². The Kier molecular flexibility index (Phi) is 2.86. The second-order valence-electron chi connectivity index (χ2n) is 6.14. The first-order valence-electron chi connectivity index (χ1n) is 6.10. The molecule has 3 N–H and O–H groups in total. The Morgan fingerprint density at radius 3 is 2.50 bits per heavy atom. The fraction of sp³-hybridized carbons (Fsp3) is 0.917. The smallest absolute Gasteiger partial charge is 0.407 e. The van der Waals surface area contributed by atoms with E-state index >= 15 is 0 Å². The van der Waals surface area contributed by atoms with Crippen LogP contribution < -0.4 is 11.1 Å².